The molecule has 1 aliphatic rings. The van der Waals surface area contributed by atoms with E-state index in [2.05, 4.69) is 0 Å². The summed E-state index contributed by atoms with van der Waals surface area (Å²) in [6.07, 6.45) is 1.04. The molecule has 3 rings (SSSR count). The number of ether oxygens (including phenoxy) is 3. The molecule has 0 spiro atoms. The third-order valence-electron chi connectivity index (χ3n) is 4.78. The lowest BCUT2D eigenvalue weighted by molar-refractivity contribution is -0.141. The molecule has 1 N–H and O–H groups in total. The monoisotopic (exact) mass is 388 g/mol. The molecule has 0 saturated carbocycles. The van der Waals surface area contributed by atoms with Gasteiger partial charge in [-0.2, -0.15) is 0 Å². The Balaban J connectivity index is 1.78. The number of carboxylic acid groups (broad SMARTS) is 1. The van der Waals surface area contributed by atoms with Gasteiger partial charge in [-0.3, -0.25) is 4.79 Å². The molecule has 5 nitrogen and oxygen atoms in total. The maximum Gasteiger partial charge on any atom is 0.306 e. The lowest BCUT2D eigenvalue weighted by Gasteiger charge is -2.19. The highest BCUT2D eigenvalue weighted by atomic mass is 19.1. The first kappa shape index (κ1) is 20.0. The van der Waals surface area contributed by atoms with Crippen molar-refractivity contribution in [1.82, 2.24) is 0 Å². The molecule has 0 fully saturated rings. The van der Waals surface area contributed by atoms with E-state index in [-0.39, 0.29) is 18.0 Å². The molecule has 0 bridgehead atoms. The van der Waals surface area contributed by atoms with E-state index >= 15 is 0 Å². The van der Waals surface area contributed by atoms with Gasteiger partial charge in [0, 0.05) is 17.5 Å². The van der Waals surface area contributed by atoms with E-state index in [4.69, 9.17) is 19.3 Å². The van der Waals surface area contributed by atoms with Crippen LogP contribution in [0.25, 0.3) is 0 Å². The van der Waals surface area contributed by atoms with Crippen molar-refractivity contribution in [1.29, 1.82) is 0 Å². The lowest BCUT2D eigenvalue weighted by atomic mass is 10.0. The molecule has 1 unspecified atom stereocenters. The van der Waals surface area contributed by atoms with Gasteiger partial charge in [0.2, 0.25) is 0 Å². The van der Waals surface area contributed by atoms with Gasteiger partial charge in [-0.05, 0) is 50.1 Å². The van der Waals surface area contributed by atoms with E-state index < -0.39 is 11.9 Å². The van der Waals surface area contributed by atoms with Crippen LogP contribution >= 0.6 is 0 Å². The lowest BCUT2D eigenvalue weighted by Crippen LogP contribution is -2.25. The highest BCUT2D eigenvalue weighted by Gasteiger charge is 2.32. The van der Waals surface area contributed by atoms with Crippen LogP contribution in [-0.2, 0) is 24.2 Å². The van der Waals surface area contributed by atoms with Gasteiger partial charge in [0.15, 0.2) is 11.5 Å². The average molecular weight is 388 g/mol. The molecule has 6 heteroatoms. The van der Waals surface area contributed by atoms with Crippen LogP contribution in [0.5, 0.6) is 17.2 Å². The number of carboxylic acids is 1. The minimum atomic E-state index is -0.845. The number of hydrogen-bond donors (Lipinski definition) is 1. The van der Waals surface area contributed by atoms with Crippen molar-refractivity contribution < 1.29 is 28.5 Å². The van der Waals surface area contributed by atoms with E-state index in [0.717, 1.165) is 11.1 Å². The Labute approximate surface area is 164 Å². The van der Waals surface area contributed by atoms with Gasteiger partial charge in [0.1, 0.15) is 23.8 Å². The first-order valence-corrected chi connectivity index (χ1v) is 9.21. The van der Waals surface area contributed by atoms with Crippen LogP contribution in [0.2, 0.25) is 0 Å². The normalized spacial score (nSPS) is 15.5. The molecular formula is C22H25FO5. The fraction of sp³-hybridized carbons (Fsp3) is 0.409. The molecule has 0 aromatic heterocycles. The van der Waals surface area contributed by atoms with Crippen molar-refractivity contribution in [2.24, 2.45) is 5.92 Å². The van der Waals surface area contributed by atoms with Crippen molar-refractivity contribution >= 4 is 5.97 Å². The molecule has 1 aliphatic heterocycles. The SMILES string of the molecule is COc1cc(CC(C)C(=O)O)ccc1OCc1cc(F)cc2c1OC(C)(C)C2. The Morgan fingerprint density at radius 3 is 2.71 bits per heavy atom. The number of methoxy groups -OCH3 is 1. The Morgan fingerprint density at radius 1 is 1.29 bits per heavy atom. The largest absolute Gasteiger partial charge is 0.493 e. The summed E-state index contributed by atoms with van der Waals surface area (Å²) in [5.41, 5.74) is 1.96. The molecule has 2 aromatic carbocycles. The van der Waals surface area contributed by atoms with E-state index in [1.165, 1.54) is 19.2 Å². The number of fused-ring (bicyclic) bond motifs is 1. The number of benzene rings is 2. The second-order valence-corrected chi connectivity index (χ2v) is 7.81. The van der Waals surface area contributed by atoms with Crippen LogP contribution in [0.4, 0.5) is 4.39 Å². The minimum absolute atomic E-state index is 0.136. The maximum absolute atomic E-state index is 14.0. The number of rotatable bonds is 7. The Bertz CT molecular complexity index is 891. The summed E-state index contributed by atoms with van der Waals surface area (Å²) in [6, 6.07) is 8.26. The van der Waals surface area contributed by atoms with Gasteiger partial charge in [0.05, 0.1) is 13.0 Å². The highest BCUT2D eigenvalue weighted by Crippen LogP contribution is 2.39. The molecule has 1 atom stereocenters. The summed E-state index contributed by atoms with van der Waals surface area (Å²) in [5, 5.41) is 9.07. The second-order valence-electron chi connectivity index (χ2n) is 7.81. The Kier molecular flexibility index (Phi) is 5.49. The van der Waals surface area contributed by atoms with Gasteiger partial charge < -0.3 is 19.3 Å². The van der Waals surface area contributed by atoms with Gasteiger partial charge >= 0.3 is 5.97 Å². The van der Waals surface area contributed by atoms with Crippen molar-refractivity contribution in [3.63, 3.8) is 0 Å². The zero-order chi connectivity index (χ0) is 20.5. The molecule has 0 aliphatic carbocycles. The molecule has 0 radical (unpaired) electrons. The predicted octanol–water partition coefficient (Wildman–Crippen LogP) is 4.39. The predicted molar refractivity (Wildman–Crippen MR) is 103 cm³/mol. The molecule has 0 saturated heterocycles. The molecule has 150 valence electrons. The standard InChI is InChI=1S/C22H25FO5/c1-13(21(24)25)7-14-5-6-18(19(8-14)26-4)27-12-16-10-17(23)9-15-11-22(2,3)28-20(15)16/h5-6,8-10,13H,7,11-12H2,1-4H3,(H,24,25). The fourth-order valence-electron chi connectivity index (χ4n) is 3.41. The van der Waals surface area contributed by atoms with Crippen molar-refractivity contribution in [2.45, 2.75) is 45.8 Å². The number of aliphatic carboxylic acids is 1. The molecule has 2 aromatic rings. The van der Waals surface area contributed by atoms with Crippen LogP contribution in [0.15, 0.2) is 30.3 Å². The third kappa shape index (κ3) is 4.38. The van der Waals surface area contributed by atoms with E-state index in [1.54, 1.807) is 19.1 Å². The summed E-state index contributed by atoms with van der Waals surface area (Å²) in [6.45, 7) is 5.73. The van der Waals surface area contributed by atoms with Gasteiger partial charge in [0.25, 0.3) is 0 Å². The highest BCUT2D eigenvalue weighted by molar-refractivity contribution is 5.70. The minimum Gasteiger partial charge on any atom is -0.493 e. The second kappa shape index (κ2) is 7.70. The first-order chi connectivity index (χ1) is 13.2. The van der Waals surface area contributed by atoms with Gasteiger partial charge in [-0.1, -0.05) is 13.0 Å². The van der Waals surface area contributed by atoms with Crippen molar-refractivity contribution in [2.75, 3.05) is 7.11 Å². The quantitative estimate of drug-likeness (QED) is 0.762. The van der Waals surface area contributed by atoms with Crippen LogP contribution in [-0.4, -0.2) is 23.8 Å². The summed E-state index contributed by atoms with van der Waals surface area (Å²) in [4.78, 5) is 11.1. The average Bonchev–Trinajstić information content (AvgIpc) is 2.93. The van der Waals surface area contributed by atoms with E-state index in [9.17, 15) is 9.18 Å². The zero-order valence-corrected chi connectivity index (χ0v) is 16.5. The zero-order valence-electron chi connectivity index (χ0n) is 16.5. The number of hydrogen-bond acceptors (Lipinski definition) is 4. The van der Waals surface area contributed by atoms with Crippen LogP contribution < -0.4 is 14.2 Å². The fourth-order valence-corrected chi connectivity index (χ4v) is 3.41. The molecule has 0 amide bonds. The third-order valence-corrected chi connectivity index (χ3v) is 4.78. The summed E-state index contributed by atoms with van der Waals surface area (Å²) in [5.74, 6) is 0.0313. The van der Waals surface area contributed by atoms with E-state index in [1.807, 2.05) is 19.9 Å². The Hall–Kier alpha value is -2.76. The van der Waals surface area contributed by atoms with E-state index in [0.29, 0.717) is 35.7 Å². The first-order valence-electron chi connectivity index (χ1n) is 9.21. The number of carbonyl (C=O) groups is 1. The molecular weight excluding hydrogens is 363 g/mol. The summed E-state index contributed by atoms with van der Waals surface area (Å²) >= 11 is 0. The van der Waals surface area contributed by atoms with Crippen molar-refractivity contribution in [3.05, 3.63) is 52.8 Å². The Morgan fingerprint density at radius 2 is 2.04 bits per heavy atom. The van der Waals surface area contributed by atoms with Crippen LogP contribution in [0, 0.1) is 11.7 Å². The molecule has 28 heavy (non-hydrogen) atoms. The smallest absolute Gasteiger partial charge is 0.306 e. The topological polar surface area (TPSA) is 65.0 Å². The van der Waals surface area contributed by atoms with Crippen molar-refractivity contribution in [3.8, 4) is 17.2 Å². The van der Waals surface area contributed by atoms with Gasteiger partial charge in [-0.25, -0.2) is 4.39 Å². The maximum atomic E-state index is 14.0. The van der Waals surface area contributed by atoms with Gasteiger partial charge in [-0.15, -0.1) is 0 Å². The molecule has 1 heterocycles. The van der Waals surface area contributed by atoms with Crippen LogP contribution in [0.3, 0.4) is 0 Å². The van der Waals surface area contributed by atoms with Crippen LogP contribution in [0.1, 0.15) is 37.5 Å². The summed E-state index contributed by atoms with van der Waals surface area (Å²) in [7, 11) is 1.53. The summed E-state index contributed by atoms with van der Waals surface area (Å²) < 4.78 is 31.2. The number of halogens is 1.